The lowest BCUT2D eigenvalue weighted by Crippen LogP contribution is -2.29. The van der Waals surface area contributed by atoms with Crippen molar-refractivity contribution in [2.45, 2.75) is 51.8 Å². The van der Waals surface area contributed by atoms with Crippen LogP contribution >= 0.6 is 0 Å². The molecule has 2 aromatic carbocycles. The molecule has 2 aliphatic rings. The standard InChI is InChI=1S/C29H28N2O4/c1-17(2)20-4-6-21(7-5-20)26-25(27(32)22-8-9-24-23(15-22)14-18(3)35-24)28(33)29(34)31(26)16-19-10-12-30-13-11-19/h4-13,15,17-18,26,32H,14,16H2,1-3H3. The number of hydrogen-bond donors (Lipinski definition) is 0. The van der Waals surface area contributed by atoms with Gasteiger partial charge in [-0.05, 0) is 52.8 Å². The Bertz CT molecular complexity index is 1310. The summed E-state index contributed by atoms with van der Waals surface area (Å²) in [5, 5.41) is 13.8. The monoisotopic (exact) mass is 468 g/mol. The highest BCUT2D eigenvalue weighted by atomic mass is 16.5. The van der Waals surface area contributed by atoms with Gasteiger partial charge in [-0.15, -0.1) is 0 Å². The third kappa shape index (κ3) is 4.20. The van der Waals surface area contributed by atoms with E-state index in [-0.39, 0.29) is 18.2 Å². The van der Waals surface area contributed by atoms with Gasteiger partial charge < -0.3 is 14.7 Å². The molecule has 1 N–H and O–H groups in total. The fourth-order valence-electron chi connectivity index (χ4n) is 4.89. The topological polar surface area (TPSA) is 83.8 Å². The number of hydrogen-bond acceptors (Lipinski definition) is 4. The predicted octanol–water partition coefficient (Wildman–Crippen LogP) is 3.37. The summed E-state index contributed by atoms with van der Waals surface area (Å²) in [5.41, 5.74) is 4.11. The number of carbonyl (C=O) groups is 2. The largest absolute Gasteiger partial charge is 0.872 e. The summed E-state index contributed by atoms with van der Waals surface area (Å²) in [6, 6.07) is 16.1. The molecule has 1 fully saturated rings. The van der Waals surface area contributed by atoms with E-state index >= 15 is 0 Å². The molecule has 0 saturated carbocycles. The summed E-state index contributed by atoms with van der Waals surface area (Å²) in [4.78, 5) is 31.0. The second kappa shape index (κ2) is 9.02. The Kier molecular flexibility index (Phi) is 5.89. The van der Waals surface area contributed by atoms with Gasteiger partial charge in [0.2, 0.25) is 5.78 Å². The third-order valence-electron chi connectivity index (χ3n) is 6.75. The average molecular weight is 469 g/mol. The molecule has 0 radical (unpaired) electrons. The molecule has 6 heteroatoms. The summed E-state index contributed by atoms with van der Waals surface area (Å²) in [7, 11) is 0. The molecule has 3 heterocycles. The van der Waals surface area contributed by atoms with Gasteiger partial charge in [-0.25, -0.2) is 4.98 Å². The molecule has 0 aliphatic carbocycles. The first-order valence-corrected chi connectivity index (χ1v) is 11.9. The van der Waals surface area contributed by atoms with Crippen molar-refractivity contribution in [1.29, 1.82) is 0 Å². The number of carbonyl (C=O) groups excluding carboxylic acids is 2. The zero-order chi connectivity index (χ0) is 24.7. The van der Waals surface area contributed by atoms with Crippen LogP contribution in [0, 0.1) is 0 Å². The Morgan fingerprint density at radius 1 is 1.09 bits per heavy atom. The number of fused-ring (bicyclic) bond motifs is 1. The van der Waals surface area contributed by atoms with Crippen LogP contribution in [-0.4, -0.2) is 22.7 Å². The minimum Gasteiger partial charge on any atom is -0.872 e. The van der Waals surface area contributed by atoms with Crippen molar-refractivity contribution in [3.8, 4) is 5.75 Å². The zero-order valence-electron chi connectivity index (χ0n) is 20.1. The van der Waals surface area contributed by atoms with Crippen molar-refractivity contribution in [1.82, 2.24) is 4.90 Å². The Hall–Kier alpha value is -3.93. The van der Waals surface area contributed by atoms with Crippen molar-refractivity contribution < 1.29 is 24.4 Å². The highest BCUT2D eigenvalue weighted by molar-refractivity contribution is 6.46. The first kappa shape index (κ1) is 22.8. The summed E-state index contributed by atoms with van der Waals surface area (Å²) in [5.74, 6) is -0.699. The molecule has 3 aromatic rings. The van der Waals surface area contributed by atoms with Gasteiger partial charge in [0, 0.05) is 30.7 Å². The smallest absolute Gasteiger partial charge is 0.295 e. The van der Waals surface area contributed by atoms with Crippen LogP contribution in [0.15, 0.2) is 72.6 Å². The zero-order valence-corrected chi connectivity index (χ0v) is 20.1. The van der Waals surface area contributed by atoms with Gasteiger partial charge in [0.05, 0.1) is 6.04 Å². The van der Waals surface area contributed by atoms with E-state index in [4.69, 9.17) is 4.74 Å². The van der Waals surface area contributed by atoms with Crippen LogP contribution in [0.2, 0.25) is 0 Å². The Morgan fingerprint density at radius 2 is 1.80 bits per heavy atom. The summed E-state index contributed by atoms with van der Waals surface area (Å²) < 4.78 is 5.76. The maximum Gasteiger partial charge on any atom is 0.295 e. The second-order valence-corrected chi connectivity index (χ2v) is 9.59. The van der Waals surface area contributed by atoms with E-state index in [2.05, 4.69) is 18.8 Å². The molecular formula is C29H28N2O4. The summed E-state index contributed by atoms with van der Waals surface area (Å²) >= 11 is 0. The van der Waals surface area contributed by atoms with Crippen LogP contribution < -0.4 is 14.8 Å². The molecule has 6 nitrogen and oxygen atoms in total. The summed E-state index contributed by atoms with van der Waals surface area (Å²) in [6.45, 7) is 6.42. The normalized spacial score (nSPS) is 20.9. The third-order valence-corrected chi connectivity index (χ3v) is 6.75. The molecule has 178 valence electrons. The number of amides is 1. The van der Waals surface area contributed by atoms with Gasteiger partial charge in [-0.3, -0.25) is 9.59 Å². The number of rotatable bonds is 5. The predicted molar refractivity (Wildman–Crippen MR) is 129 cm³/mol. The lowest BCUT2D eigenvalue weighted by atomic mass is 9.92. The van der Waals surface area contributed by atoms with Crippen LogP contribution in [0.1, 0.15) is 60.5 Å². The molecule has 1 saturated heterocycles. The fourth-order valence-corrected chi connectivity index (χ4v) is 4.89. The molecule has 1 aromatic heterocycles. The number of aromatic amines is 1. The highest BCUT2D eigenvalue weighted by Crippen LogP contribution is 2.41. The maximum atomic E-state index is 13.8. The highest BCUT2D eigenvalue weighted by Gasteiger charge is 2.44. The van der Waals surface area contributed by atoms with Crippen LogP contribution in [0.4, 0.5) is 0 Å². The molecule has 5 rings (SSSR count). The van der Waals surface area contributed by atoms with Crippen molar-refractivity contribution in [2.24, 2.45) is 0 Å². The van der Waals surface area contributed by atoms with Gasteiger partial charge in [0.15, 0.2) is 12.4 Å². The average Bonchev–Trinajstić information content (AvgIpc) is 3.35. The number of pyridine rings is 1. The lowest BCUT2D eigenvalue weighted by Gasteiger charge is -2.28. The number of aromatic nitrogens is 1. The van der Waals surface area contributed by atoms with Crippen LogP contribution in [0.3, 0.4) is 0 Å². The van der Waals surface area contributed by atoms with E-state index in [1.165, 1.54) is 4.90 Å². The van der Waals surface area contributed by atoms with Gasteiger partial charge >= 0.3 is 0 Å². The van der Waals surface area contributed by atoms with Crippen LogP contribution in [0.25, 0.3) is 5.76 Å². The van der Waals surface area contributed by atoms with E-state index < -0.39 is 23.5 Å². The van der Waals surface area contributed by atoms with E-state index in [9.17, 15) is 14.7 Å². The molecule has 2 aliphatic heterocycles. The minimum absolute atomic E-state index is 0.00158. The van der Waals surface area contributed by atoms with E-state index in [1.54, 1.807) is 30.6 Å². The number of Topliss-reactive ketones (excluding diaryl/α,β-unsaturated/α-hetero) is 1. The van der Waals surface area contributed by atoms with Gasteiger partial charge in [-0.1, -0.05) is 49.9 Å². The second-order valence-electron chi connectivity index (χ2n) is 9.59. The number of benzene rings is 2. The van der Waals surface area contributed by atoms with Gasteiger partial charge in [0.1, 0.15) is 11.9 Å². The van der Waals surface area contributed by atoms with Crippen LogP contribution in [-0.2, 0) is 22.6 Å². The van der Waals surface area contributed by atoms with Crippen molar-refractivity contribution in [3.05, 3.63) is 100 Å². The molecule has 2 atom stereocenters. The fraction of sp³-hybridized carbons (Fsp3) is 0.276. The number of likely N-dealkylation sites (tertiary alicyclic amines) is 1. The number of H-pyrrole nitrogens is 1. The number of nitrogens with one attached hydrogen (secondary N) is 1. The van der Waals surface area contributed by atoms with E-state index in [1.807, 2.05) is 43.3 Å². The van der Waals surface area contributed by atoms with Crippen molar-refractivity contribution in [2.75, 3.05) is 0 Å². The molecule has 0 spiro atoms. The van der Waals surface area contributed by atoms with Crippen molar-refractivity contribution >= 4 is 17.4 Å². The Labute approximate surface area is 204 Å². The lowest BCUT2D eigenvalue weighted by molar-refractivity contribution is -0.378. The van der Waals surface area contributed by atoms with Crippen molar-refractivity contribution in [3.63, 3.8) is 0 Å². The number of ether oxygens (including phenoxy) is 1. The quantitative estimate of drug-likeness (QED) is 0.327. The van der Waals surface area contributed by atoms with Crippen LogP contribution in [0.5, 0.6) is 5.75 Å². The molecule has 1 amide bonds. The molecular weight excluding hydrogens is 440 g/mol. The summed E-state index contributed by atoms with van der Waals surface area (Å²) in [6.07, 6.45) is 4.29. The molecule has 35 heavy (non-hydrogen) atoms. The van der Waals surface area contributed by atoms with E-state index in [0.29, 0.717) is 17.9 Å². The van der Waals surface area contributed by atoms with Gasteiger partial charge in [0.25, 0.3) is 5.91 Å². The first-order valence-electron chi connectivity index (χ1n) is 11.9. The SMILES string of the molecule is CC1Cc2cc(C([O-])=C3C(=O)C(=O)N(Cc4cc[nH+]cc4)C3c3ccc(C(C)C)cc3)ccc2O1. The van der Waals surface area contributed by atoms with Gasteiger partial charge in [-0.2, -0.15) is 0 Å². The molecule has 2 unspecified atom stereocenters. The first-order chi connectivity index (χ1) is 16.8. The Morgan fingerprint density at radius 3 is 2.49 bits per heavy atom. The number of nitrogens with zero attached hydrogens (tertiary/aromatic N) is 1. The Balaban J connectivity index is 1.62. The van der Waals surface area contributed by atoms with E-state index in [0.717, 1.165) is 28.0 Å². The maximum absolute atomic E-state index is 13.8. The molecule has 0 bridgehead atoms. The number of ketones is 1. The minimum atomic E-state index is -0.753.